The first-order valence-electron chi connectivity index (χ1n) is 18.4. The normalized spacial score (nSPS) is 17.7. The van der Waals surface area contributed by atoms with E-state index in [1.807, 2.05) is 30.6 Å². The molecule has 1 unspecified atom stereocenters. The molecule has 1 N–H and O–H groups in total. The van der Waals surface area contributed by atoms with E-state index in [0.717, 1.165) is 34.1 Å². The van der Waals surface area contributed by atoms with Crippen LogP contribution in [0.2, 0.25) is 5.04 Å². The predicted octanol–water partition coefficient (Wildman–Crippen LogP) is 8.95. The fraction of sp³-hybridized carbons (Fsp3) is 0.357. The zero-order valence-corrected chi connectivity index (χ0v) is 31.2. The molecular weight excluding hydrogens is 654 g/mol. The Kier molecular flexibility index (Phi) is 8.88. The van der Waals surface area contributed by atoms with Crippen molar-refractivity contribution in [1.29, 1.82) is 0 Å². The van der Waals surface area contributed by atoms with Crippen LogP contribution < -0.4 is 0 Å². The molecule has 1 aliphatic heterocycles. The summed E-state index contributed by atoms with van der Waals surface area (Å²) in [4.78, 5) is 28.7. The first-order chi connectivity index (χ1) is 24.7. The Morgan fingerprint density at radius 1 is 0.902 bits per heavy atom. The Bertz CT molecular complexity index is 2130. The Hall–Kier alpha value is -4.60. The van der Waals surface area contributed by atoms with Gasteiger partial charge in [0.15, 0.2) is 9.76 Å². The van der Waals surface area contributed by atoms with E-state index >= 15 is 4.39 Å². The summed E-state index contributed by atoms with van der Waals surface area (Å²) in [7, 11) is -1.02. The van der Waals surface area contributed by atoms with E-state index in [4.69, 9.17) is 9.41 Å². The summed E-state index contributed by atoms with van der Waals surface area (Å²) < 4.78 is 25.9. The molecule has 2 aliphatic rings. The monoisotopic (exact) mass is 699 g/mol. The number of H-pyrrole nitrogens is 1. The van der Waals surface area contributed by atoms with E-state index < -0.39 is 21.2 Å². The van der Waals surface area contributed by atoms with Crippen LogP contribution in [-0.2, 0) is 10.0 Å². The highest BCUT2D eigenvalue weighted by atomic mass is 28.2. The van der Waals surface area contributed by atoms with Gasteiger partial charge in [-0.2, -0.15) is 0 Å². The second-order valence-corrected chi connectivity index (χ2v) is 18.3. The van der Waals surface area contributed by atoms with Crippen molar-refractivity contribution in [2.24, 2.45) is 5.92 Å². The largest absolute Gasteiger partial charge is 0.410 e. The van der Waals surface area contributed by atoms with E-state index in [-0.39, 0.29) is 22.4 Å². The molecule has 262 valence electrons. The van der Waals surface area contributed by atoms with Gasteiger partial charge >= 0.3 is 0 Å². The average Bonchev–Trinajstić information content (AvgIpc) is 3.93. The molecule has 1 amide bonds. The smallest absolute Gasteiger partial charge is 0.259 e. The summed E-state index contributed by atoms with van der Waals surface area (Å²) >= 11 is 0. The predicted molar refractivity (Wildman–Crippen MR) is 204 cm³/mol. The fourth-order valence-corrected chi connectivity index (χ4v) is 9.64. The minimum absolute atomic E-state index is 0.0270. The lowest BCUT2D eigenvalue weighted by Gasteiger charge is -2.42. The van der Waals surface area contributed by atoms with Crippen molar-refractivity contribution >= 4 is 37.7 Å². The number of likely N-dealkylation sites (tertiary alicyclic amines) is 1. The molecule has 1 aliphatic carbocycles. The highest BCUT2D eigenvalue weighted by molar-refractivity contribution is 6.32. The highest BCUT2D eigenvalue weighted by Crippen LogP contribution is 2.46. The van der Waals surface area contributed by atoms with Crippen molar-refractivity contribution in [3.63, 3.8) is 0 Å². The van der Waals surface area contributed by atoms with Crippen LogP contribution in [0.5, 0.6) is 0 Å². The van der Waals surface area contributed by atoms with Gasteiger partial charge in [0.05, 0.1) is 34.7 Å². The van der Waals surface area contributed by atoms with Crippen LogP contribution in [0.3, 0.4) is 0 Å². The number of amides is 1. The van der Waals surface area contributed by atoms with Crippen LogP contribution in [0.4, 0.5) is 4.39 Å². The van der Waals surface area contributed by atoms with Crippen LogP contribution in [0.25, 0.3) is 33.2 Å². The second kappa shape index (κ2) is 13.5. The standard InChI is InChI=1S/C42H46FN5O2Si/c1-41(2,3)51-50-42(29-13-7-4-8-14-29,30-15-9-5-10-16-30)31-21-22-47(25-31)40(49)37-34(43)24-33(38-39(37)45-26-44-38)28-19-20-36-35(23-28)46-27-48(36)32-17-11-6-12-18-32/h4-5,7-10,13-16,19-20,23-24,26-27,31-32H,6,11-12,17-18,21-22,25,51H2,1-3H3,(H,44,45). The summed E-state index contributed by atoms with van der Waals surface area (Å²) in [5, 5.41) is 0.0555. The maximum Gasteiger partial charge on any atom is 0.259 e. The molecule has 0 bridgehead atoms. The number of halogens is 1. The van der Waals surface area contributed by atoms with Crippen LogP contribution in [0.1, 0.15) is 86.8 Å². The number of nitrogens with zero attached hydrogens (tertiary/aromatic N) is 4. The molecule has 7 nitrogen and oxygen atoms in total. The van der Waals surface area contributed by atoms with Gasteiger partial charge in [-0.1, -0.05) is 107 Å². The molecule has 1 atom stereocenters. The zero-order chi connectivity index (χ0) is 35.2. The van der Waals surface area contributed by atoms with Crippen molar-refractivity contribution in [1.82, 2.24) is 24.4 Å². The number of carbonyl (C=O) groups excluding carboxylic acids is 1. The van der Waals surface area contributed by atoms with Gasteiger partial charge < -0.3 is 18.9 Å². The van der Waals surface area contributed by atoms with Crippen molar-refractivity contribution in [3.05, 3.63) is 120 Å². The third-order valence-corrected chi connectivity index (χ3v) is 12.4. The van der Waals surface area contributed by atoms with Gasteiger partial charge in [-0.15, -0.1) is 0 Å². The molecular formula is C42H46FN5O2Si. The number of hydrogen-bond donors (Lipinski definition) is 1. The van der Waals surface area contributed by atoms with Gasteiger partial charge in [-0.3, -0.25) is 4.79 Å². The first-order valence-corrected chi connectivity index (χ1v) is 19.7. The van der Waals surface area contributed by atoms with Crippen molar-refractivity contribution in [2.75, 3.05) is 13.1 Å². The van der Waals surface area contributed by atoms with Crippen molar-refractivity contribution in [2.45, 2.75) is 76.0 Å². The number of carbonyl (C=O) groups is 1. The summed E-state index contributed by atoms with van der Waals surface area (Å²) in [6.07, 6.45) is 10.4. The molecule has 8 rings (SSSR count). The van der Waals surface area contributed by atoms with Crippen LogP contribution >= 0.6 is 0 Å². The SMILES string of the molecule is CC(C)(C)[SiH2]OC(c1ccccc1)(c1ccccc1)C1CCN(C(=O)c2c(F)cc(-c3ccc4c(c3)ncn4C3CCCCC3)c3nc[nH]c23)C1. The zero-order valence-electron chi connectivity index (χ0n) is 29.7. The maximum absolute atomic E-state index is 16.4. The number of nitrogens with one attached hydrogen (secondary N) is 1. The number of benzene rings is 4. The number of rotatable bonds is 8. The Balaban J connectivity index is 1.12. The third kappa shape index (κ3) is 6.20. The molecule has 9 heteroatoms. The Morgan fingerprint density at radius 2 is 1.61 bits per heavy atom. The number of fused-ring (bicyclic) bond motifs is 2. The molecule has 0 radical (unpaired) electrons. The lowest BCUT2D eigenvalue weighted by molar-refractivity contribution is 0.0446. The third-order valence-electron chi connectivity index (χ3n) is 10.9. The Morgan fingerprint density at radius 3 is 2.29 bits per heavy atom. The van der Waals surface area contributed by atoms with Gasteiger partial charge in [0.2, 0.25) is 0 Å². The molecule has 0 spiro atoms. The average molecular weight is 700 g/mol. The van der Waals surface area contributed by atoms with E-state index in [1.54, 1.807) is 11.2 Å². The van der Waals surface area contributed by atoms with Crippen LogP contribution in [0, 0.1) is 11.7 Å². The molecule has 1 saturated heterocycles. The summed E-state index contributed by atoms with van der Waals surface area (Å²) in [5.74, 6) is -0.918. The van der Waals surface area contributed by atoms with E-state index in [0.29, 0.717) is 35.7 Å². The molecule has 6 aromatic rings. The quantitative estimate of drug-likeness (QED) is 0.161. The molecule has 1 saturated carbocycles. The van der Waals surface area contributed by atoms with Gasteiger partial charge in [-0.05, 0) is 59.2 Å². The van der Waals surface area contributed by atoms with E-state index in [9.17, 15) is 4.79 Å². The summed E-state index contributed by atoms with van der Waals surface area (Å²) in [5.41, 5.74) is 5.89. The fourth-order valence-electron chi connectivity index (χ4n) is 8.41. The van der Waals surface area contributed by atoms with Crippen molar-refractivity contribution < 1.29 is 13.6 Å². The summed E-state index contributed by atoms with van der Waals surface area (Å²) in [6.45, 7) is 7.64. The number of imidazole rings is 2. The van der Waals surface area contributed by atoms with Gasteiger partial charge in [0, 0.05) is 30.6 Å². The molecule has 4 aromatic carbocycles. The first kappa shape index (κ1) is 33.5. The van der Waals surface area contributed by atoms with E-state index in [2.05, 4.69) is 89.9 Å². The van der Waals surface area contributed by atoms with Gasteiger partial charge in [0.1, 0.15) is 17.0 Å². The van der Waals surface area contributed by atoms with E-state index in [1.165, 1.54) is 38.2 Å². The van der Waals surface area contributed by atoms with Crippen molar-refractivity contribution in [3.8, 4) is 11.1 Å². The van der Waals surface area contributed by atoms with Gasteiger partial charge in [0.25, 0.3) is 5.91 Å². The number of aromatic nitrogens is 4. The highest BCUT2D eigenvalue weighted by Gasteiger charge is 2.47. The van der Waals surface area contributed by atoms with Gasteiger partial charge in [-0.25, -0.2) is 14.4 Å². The minimum Gasteiger partial charge on any atom is -0.410 e. The molecule has 3 heterocycles. The molecule has 51 heavy (non-hydrogen) atoms. The molecule has 2 aromatic heterocycles. The topological polar surface area (TPSA) is 76.0 Å². The molecule has 2 fully saturated rings. The lowest BCUT2D eigenvalue weighted by atomic mass is 9.75. The maximum atomic E-state index is 16.4. The lowest BCUT2D eigenvalue weighted by Crippen LogP contribution is -2.43. The van der Waals surface area contributed by atoms with Crippen LogP contribution in [0.15, 0.2) is 97.6 Å². The number of hydrogen-bond acceptors (Lipinski definition) is 4. The summed E-state index contributed by atoms with van der Waals surface area (Å²) in [6, 6.07) is 28.9. The Labute approximate surface area is 301 Å². The van der Waals surface area contributed by atoms with Crippen LogP contribution in [-0.4, -0.2) is 53.2 Å². The minimum atomic E-state index is -1.02. The second-order valence-electron chi connectivity index (χ2n) is 15.6. The number of aromatic amines is 1.